The van der Waals surface area contributed by atoms with E-state index in [0.29, 0.717) is 0 Å². The Morgan fingerprint density at radius 3 is 1.00 bits per heavy atom. The van der Waals surface area contributed by atoms with Gasteiger partial charge in [0, 0.05) is 95.6 Å². The summed E-state index contributed by atoms with van der Waals surface area (Å²) in [4.78, 5) is 0. The molecule has 0 atom stereocenters. The van der Waals surface area contributed by atoms with Crippen molar-refractivity contribution in [2.45, 2.75) is 0 Å². The molecular formula is CuFeMoNiSn. The molecule has 0 unspecified atom stereocenters. The molecule has 0 saturated carbocycles. The van der Waals surface area contributed by atoms with Crippen LogP contribution in [0.4, 0.5) is 0 Å². The Kier molecular flexibility index (Phi) is 242. The Labute approximate surface area is 94.1 Å². The van der Waals surface area contributed by atoms with E-state index in [1.54, 1.807) is 0 Å². The van der Waals surface area contributed by atoms with Gasteiger partial charge >= 0.3 is 0 Å². The van der Waals surface area contributed by atoms with E-state index in [2.05, 4.69) is 0 Å². The fourth-order valence-corrected chi connectivity index (χ4v) is 0. The van der Waals surface area contributed by atoms with Gasteiger partial charge in [0.25, 0.3) is 0 Å². The smallest absolute Gasteiger partial charge is 0 e. The van der Waals surface area contributed by atoms with Gasteiger partial charge in [0.1, 0.15) is 0 Å². The van der Waals surface area contributed by atoms with Gasteiger partial charge in [-0.3, -0.25) is 0 Å². The third kappa shape index (κ3) is 19.4. The molecule has 0 aliphatic heterocycles. The van der Waals surface area contributed by atoms with E-state index in [-0.39, 0.29) is 95.6 Å². The normalized spacial score (nSPS) is 0. The maximum Gasteiger partial charge on any atom is 0 e. The Hall–Kier alpha value is 3.02. The fraction of sp³-hybridized carbons (Fsp3) is 0. The van der Waals surface area contributed by atoms with Crippen LogP contribution in [-0.2, 0) is 71.7 Å². The molecule has 5 radical (unpaired) electrons. The van der Waals surface area contributed by atoms with Crippen molar-refractivity contribution in [3.05, 3.63) is 0 Å². The van der Waals surface area contributed by atoms with Crippen molar-refractivity contribution < 1.29 is 71.7 Å². The topological polar surface area (TPSA) is 0 Å². The van der Waals surface area contributed by atoms with Crippen molar-refractivity contribution in [1.82, 2.24) is 0 Å². The second kappa shape index (κ2) is 27.9. The van der Waals surface area contributed by atoms with Gasteiger partial charge in [0.15, 0.2) is 0 Å². The first kappa shape index (κ1) is 43.3. The van der Waals surface area contributed by atoms with Crippen molar-refractivity contribution >= 4 is 23.9 Å². The molecular weight excluding hydrogens is 393 g/mol. The zero-order chi connectivity index (χ0) is 0. The SMILES string of the molecule is [Cu].[Fe].[Mo].[Ni].[Sn]. The second-order valence-corrected chi connectivity index (χ2v) is 0. The third-order valence-electron chi connectivity index (χ3n) is 0. The van der Waals surface area contributed by atoms with Crippen molar-refractivity contribution in [3.8, 4) is 0 Å². The second-order valence-electron chi connectivity index (χ2n) is 0. The van der Waals surface area contributed by atoms with Gasteiger partial charge in [-0.1, -0.05) is 0 Å². The van der Waals surface area contributed by atoms with Crippen LogP contribution in [0.5, 0.6) is 0 Å². The van der Waals surface area contributed by atoms with E-state index in [1.807, 2.05) is 0 Å². The van der Waals surface area contributed by atoms with Crippen molar-refractivity contribution in [2.75, 3.05) is 0 Å². The van der Waals surface area contributed by atoms with Gasteiger partial charge in [-0.05, 0) is 0 Å². The van der Waals surface area contributed by atoms with Gasteiger partial charge in [0.05, 0.1) is 0 Å². The molecule has 0 aromatic rings. The summed E-state index contributed by atoms with van der Waals surface area (Å²) in [6, 6.07) is 0. The van der Waals surface area contributed by atoms with E-state index >= 15 is 0 Å². The minimum absolute atomic E-state index is 0. The van der Waals surface area contributed by atoms with E-state index in [1.165, 1.54) is 0 Å². The molecule has 0 aromatic carbocycles. The van der Waals surface area contributed by atoms with Crippen LogP contribution in [-0.4, -0.2) is 23.9 Å². The summed E-state index contributed by atoms with van der Waals surface area (Å²) >= 11 is 0. The van der Waals surface area contributed by atoms with E-state index in [9.17, 15) is 0 Å². The summed E-state index contributed by atoms with van der Waals surface area (Å²) in [6.45, 7) is 0. The molecule has 0 bridgehead atoms. The molecule has 0 aliphatic rings. The largest absolute Gasteiger partial charge is 0 e. The Morgan fingerprint density at radius 2 is 1.00 bits per heavy atom. The number of rotatable bonds is 0. The Morgan fingerprint density at radius 1 is 1.00 bits per heavy atom. The van der Waals surface area contributed by atoms with Crippen LogP contribution in [0.15, 0.2) is 0 Å². The molecule has 0 spiro atoms. The molecule has 39 valence electrons. The van der Waals surface area contributed by atoms with E-state index < -0.39 is 0 Å². The summed E-state index contributed by atoms with van der Waals surface area (Å²) in [5.74, 6) is 0. The van der Waals surface area contributed by atoms with Crippen molar-refractivity contribution in [3.63, 3.8) is 0 Å². The molecule has 0 rings (SSSR count). The molecule has 0 saturated heterocycles. The zero-order valence-electron chi connectivity index (χ0n) is 1.88. The molecule has 0 N–H and O–H groups in total. The van der Waals surface area contributed by atoms with Crippen LogP contribution in [0, 0.1) is 0 Å². The number of hydrogen-bond acceptors (Lipinski definition) is 0. The van der Waals surface area contributed by atoms with Crippen LogP contribution in [0.25, 0.3) is 0 Å². The molecule has 0 fully saturated rings. The van der Waals surface area contributed by atoms with Gasteiger partial charge < -0.3 is 0 Å². The monoisotopic (exact) mass is 395 g/mol. The summed E-state index contributed by atoms with van der Waals surface area (Å²) in [5, 5.41) is 0. The summed E-state index contributed by atoms with van der Waals surface area (Å²) < 4.78 is 0. The Bertz CT molecular complexity index is 11.6. The molecule has 0 nitrogen and oxygen atoms in total. The van der Waals surface area contributed by atoms with Gasteiger partial charge in [-0.25, -0.2) is 0 Å². The standard InChI is InChI=1S/Cu.Fe.Mo.Ni.Sn. The van der Waals surface area contributed by atoms with Crippen LogP contribution in [0.1, 0.15) is 0 Å². The summed E-state index contributed by atoms with van der Waals surface area (Å²) in [6.07, 6.45) is 0. The van der Waals surface area contributed by atoms with Gasteiger partial charge in [-0.15, -0.1) is 0 Å². The predicted octanol–water partition coefficient (Wildman–Crippen LogP) is -0.391. The molecule has 0 aromatic heterocycles. The van der Waals surface area contributed by atoms with Crippen LogP contribution in [0.3, 0.4) is 0 Å². The average Bonchev–Trinajstić information content (AvgIpc) is 0. The minimum Gasteiger partial charge on any atom is 0 e. The first-order valence-corrected chi connectivity index (χ1v) is 0. The van der Waals surface area contributed by atoms with Crippen molar-refractivity contribution in [2.24, 2.45) is 0 Å². The molecule has 0 heterocycles. The van der Waals surface area contributed by atoms with Gasteiger partial charge in [-0.2, -0.15) is 0 Å². The molecule has 5 heteroatoms. The number of hydrogen-bond donors (Lipinski definition) is 0. The first-order valence-electron chi connectivity index (χ1n) is 0. The van der Waals surface area contributed by atoms with Crippen LogP contribution < -0.4 is 0 Å². The minimum atomic E-state index is 0. The maximum atomic E-state index is 0. The Balaban J connectivity index is 0. The maximum absolute atomic E-state index is 0. The summed E-state index contributed by atoms with van der Waals surface area (Å²) in [7, 11) is 0. The molecule has 0 amide bonds. The molecule has 0 aliphatic carbocycles. The van der Waals surface area contributed by atoms with Crippen LogP contribution in [0.2, 0.25) is 0 Å². The predicted molar refractivity (Wildman–Crippen MR) is 5.75 cm³/mol. The quantitative estimate of drug-likeness (QED) is 0.493. The first-order chi connectivity index (χ1) is 0. The summed E-state index contributed by atoms with van der Waals surface area (Å²) in [5.41, 5.74) is 0. The zero-order valence-corrected chi connectivity index (χ0v) is 9.77. The van der Waals surface area contributed by atoms with E-state index in [4.69, 9.17) is 0 Å². The third-order valence-corrected chi connectivity index (χ3v) is 0. The van der Waals surface area contributed by atoms with Crippen molar-refractivity contribution in [1.29, 1.82) is 0 Å². The van der Waals surface area contributed by atoms with E-state index in [0.717, 1.165) is 0 Å². The fourth-order valence-electron chi connectivity index (χ4n) is 0. The van der Waals surface area contributed by atoms with Crippen LogP contribution >= 0.6 is 0 Å². The average molecular weight is 393 g/mol. The molecule has 5 heavy (non-hydrogen) atoms. The van der Waals surface area contributed by atoms with Gasteiger partial charge in [0.2, 0.25) is 0 Å².